The second-order valence-electron chi connectivity index (χ2n) is 4.70. The van der Waals surface area contributed by atoms with E-state index >= 15 is 0 Å². The van der Waals surface area contributed by atoms with Crippen LogP contribution in [0.4, 0.5) is 14.5 Å². The molecule has 0 saturated carbocycles. The molecule has 1 aromatic carbocycles. The van der Waals surface area contributed by atoms with E-state index in [0.717, 1.165) is 17.4 Å². The second kappa shape index (κ2) is 8.21. The summed E-state index contributed by atoms with van der Waals surface area (Å²) < 4.78 is 55.7. The summed E-state index contributed by atoms with van der Waals surface area (Å²) in [4.78, 5) is 23.6. The van der Waals surface area contributed by atoms with Crippen molar-refractivity contribution in [2.75, 3.05) is 11.9 Å². The van der Waals surface area contributed by atoms with E-state index in [9.17, 15) is 26.8 Å². The third-order valence-electron chi connectivity index (χ3n) is 2.80. The number of benzene rings is 1. The van der Waals surface area contributed by atoms with Crippen molar-refractivity contribution in [3.63, 3.8) is 0 Å². The molecule has 2 aromatic rings. The fourth-order valence-electron chi connectivity index (χ4n) is 1.74. The van der Waals surface area contributed by atoms with Crippen LogP contribution in [0.25, 0.3) is 0 Å². The van der Waals surface area contributed by atoms with Crippen LogP contribution < -0.4 is 15.2 Å². The molecule has 2 rings (SSSR count). The Balaban J connectivity index is 1.95. The van der Waals surface area contributed by atoms with E-state index in [4.69, 9.17) is 9.88 Å². The number of primary sulfonamides is 1. The molecule has 1 heterocycles. The third-order valence-corrected chi connectivity index (χ3v) is 5.19. The lowest BCUT2D eigenvalue weighted by Gasteiger charge is -2.11. The van der Waals surface area contributed by atoms with Crippen LogP contribution in [0.2, 0.25) is 0 Å². The van der Waals surface area contributed by atoms with Crippen LogP contribution in [-0.4, -0.2) is 33.5 Å². The fourth-order valence-corrected chi connectivity index (χ4v) is 3.32. The molecule has 0 saturated heterocycles. The van der Waals surface area contributed by atoms with Crippen molar-refractivity contribution < 1.29 is 36.3 Å². The van der Waals surface area contributed by atoms with Crippen molar-refractivity contribution in [3.8, 4) is 5.75 Å². The van der Waals surface area contributed by atoms with Gasteiger partial charge in [-0.05, 0) is 18.2 Å². The predicted octanol–water partition coefficient (Wildman–Crippen LogP) is 1.79. The van der Waals surface area contributed by atoms with Gasteiger partial charge in [0.1, 0.15) is 9.96 Å². The van der Waals surface area contributed by atoms with Crippen molar-refractivity contribution in [1.29, 1.82) is 0 Å². The van der Waals surface area contributed by atoms with Crippen LogP contribution in [0.15, 0.2) is 39.9 Å². The molecule has 0 fully saturated rings. The summed E-state index contributed by atoms with van der Waals surface area (Å²) in [5, 5.41) is 8.41. The van der Waals surface area contributed by atoms with Gasteiger partial charge in [0.05, 0.1) is 11.3 Å². The van der Waals surface area contributed by atoms with E-state index in [0.29, 0.717) is 0 Å². The van der Waals surface area contributed by atoms with Crippen molar-refractivity contribution in [2.45, 2.75) is 10.8 Å². The number of alkyl halides is 2. The Bertz CT molecular complexity index is 914. The molecule has 0 radical (unpaired) electrons. The lowest BCUT2D eigenvalue weighted by molar-refractivity contribution is -0.119. The molecule has 140 valence electrons. The minimum atomic E-state index is -3.95. The van der Waals surface area contributed by atoms with E-state index in [1.165, 1.54) is 29.6 Å². The largest absolute Gasteiger partial charge is 0.452 e. The standard InChI is InChI=1S/C14H12F2N2O6S2/c15-14(16)24-10-4-2-1-3-9(10)18-11(19)6-23-13(20)8-5-12(25-7-8)26(17,21)22/h1-5,7,14H,6H2,(H,18,19)(H2,17,21,22). The number of sulfonamides is 1. The van der Waals surface area contributed by atoms with E-state index in [1.54, 1.807) is 0 Å². The van der Waals surface area contributed by atoms with Gasteiger partial charge in [-0.15, -0.1) is 11.3 Å². The highest BCUT2D eigenvalue weighted by Gasteiger charge is 2.18. The molecule has 1 amide bonds. The molecule has 0 aliphatic rings. The van der Waals surface area contributed by atoms with Crippen molar-refractivity contribution >= 4 is 38.9 Å². The number of nitrogens with one attached hydrogen (secondary N) is 1. The molecule has 12 heteroatoms. The Labute approximate surface area is 150 Å². The van der Waals surface area contributed by atoms with Crippen molar-refractivity contribution in [1.82, 2.24) is 0 Å². The van der Waals surface area contributed by atoms with Crippen LogP contribution in [0.3, 0.4) is 0 Å². The Hall–Kier alpha value is -2.57. The first kappa shape index (κ1) is 19.8. The molecule has 26 heavy (non-hydrogen) atoms. The number of para-hydroxylation sites is 2. The zero-order chi connectivity index (χ0) is 19.3. The molecule has 1 aromatic heterocycles. The molecule has 0 bridgehead atoms. The smallest absolute Gasteiger partial charge is 0.387 e. The van der Waals surface area contributed by atoms with Gasteiger partial charge in [0.2, 0.25) is 10.0 Å². The lowest BCUT2D eigenvalue weighted by Crippen LogP contribution is -2.21. The number of anilines is 1. The highest BCUT2D eigenvalue weighted by molar-refractivity contribution is 7.91. The molecular weight excluding hydrogens is 394 g/mol. The van der Waals surface area contributed by atoms with Gasteiger partial charge in [0, 0.05) is 5.38 Å². The number of carbonyl (C=O) groups is 2. The van der Waals surface area contributed by atoms with Gasteiger partial charge in [-0.3, -0.25) is 4.79 Å². The SMILES string of the molecule is NS(=O)(=O)c1cc(C(=O)OCC(=O)Nc2ccccc2OC(F)F)cs1. The Morgan fingerprint density at radius 1 is 1.27 bits per heavy atom. The summed E-state index contributed by atoms with van der Waals surface area (Å²) in [6.45, 7) is -3.79. The zero-order valence-electron chi connectivity index (χ0n) is 12.8. The van der Waals surface area contributed by atoms with Gasteiger partial charge in [-0.25, -0.2) is 18.4 Å². The number of hydrogen-bond donors (Lipinski definition) is 2. The lowest BCUT2D eigenvalue weighted by atomic mass is 10.3. The molecule has 0 spiro atoms. The average molecular weight is 406 g/mol. The number of thiophene rings is 1. The number of nitrogens with two attached hydrogens (primary N) is 1. The van der Waals surface area contributed by atoms with Crippen LogP contribution in [-0.2, 0) is 19.6 Å². The minimum absolute atomic E-state index is 0.0270. The summed E-state index contributed by atoms with van der Waals surface area (Å²) in [7, 11) is -3.95. The molecule has 0 atom stereocenters. The number of hydrogen-bond acceptors (Lipinski definition) is 7. The Morgan fingerprint density at radius 3 is 2.58 bits per heavy atom. The third kappa shape index (κ3) is 5.47. The van der Waals surface area contributed by atoms with Crippen LogP contribution in [0, 0.1) is 0 Å². The number of carbonyl (C=O) groups excluding carboxylic acids is 2. The maximum Gasteiger partial charge on any atom is 0.387 e. The molecule has 8 nitrogen and oxygen atoms in total. The molecule has 0 aliphatic heterocycles. The van der Waals surface area contributed by atoms with Crippen LogP contribution >= 0.6 is 11.3 Å². The molecular formula is C14H12F2N2O6S2. The number of rotatable bonds is 7. The van der Waals surface area contributed by atoms with Gasteiger partial charge in [0.15, 0.2) is 6.61 Å². The summed E-state index contributed by atoms with van der Waals surface area (Å²) in [6.07, 6.45) is 0. The minimum Gasteiger partial charge on any atom is -0.452 e. The van der Waals surface area contributed by atoms with Crippen molar-refractivity contribution in [3.05, 3.63) is 41.3 Å². The van der Waals surface area contributed by atoms with E-state index in [-0.39, 0.29) is 21.2 Å². The molecule has 0 aliphatic carbocycles. The maximum atomic E-state index is 12.3. The number of halogens is 2. The monoisotopic (exact) mass is 406 g/mol. The Kier molecular flexibility index (Phi) is 6.23. The first-order valence-corrected chi connectivity index (χ1v) is 9.21. The van der Waals surface area contributed by atoms with Gasteiger partial charge >= 0.3 is 12.6 Å². The summed E-state index contributed by atoms with van der Waals surface area (Å²) in [5.74, 6) is -1.99. The van der Waals surface area contributed by atoms with E-state index in [2.05, 4.69) is 10.1 Å². The number of amides is 1. The van der Waals surface area contributed by atoms with Crippen LogP contribution in [0.5, 0.6) is 5.75 Å². The number of esters is 1. The van der Waals surface area contributed by atoms with Gasteiger partial charge < -0.3 is 14.8 Å². The molecule has 0 unspecified atom stereocenters. The number of ether oxygens (including phenoxy) is 2. The van der Waals surface area contributed by atoms with E-state index in [1.807, 2.05) is 0 Å². The topological polar surface area (TPSA) is 125 Å². The van der Waals surface area contributed by atoms with Crippen molar-refractivity contribution in [2.24, 2.45) is 5.14 Å². The summed E-state index contributed by atoms with van der Waals surface area (Å²) in [6, 6.07) is 6.50. The summed E-state index contributed by atoms with van der Waals surface area (Å²) >= 11 is 0.727. The first-order valence-electron chi connectivity index (χ1n) is 6.79. The zero-order valence-corrected chi connectivity index (χ0v) is 14.5. The average Bonchev–Trinajstić information content (AvgIpc) is 3.04. The fraction of sp³-hybridized carbons (Fsp3) is 0.143. The molecule has 3 N–H and O–H groups in total. The quantitative estimate of drug-likeness (QED) is 0.676. The first-order chi connectivity index (χ1) is 12.2. The van der Waals surface area contributed by atoms with Gasteiger partial charge in [-0.2, -0.15) is 8.78 Å². The Morgan fingerprint density at radius 2 is 1.96 bits per heavy atom. The van der Waals surface area contributed by atoms with Gasteiger partial charge in [0.25, 0.3) is 5.91 Å². The normalized spacial score (nSPS) is 11.2. The van der Waals surface area contributed by atoms with Gasteiger partial charge in [-0.1, -0.05) is 12.1 Å². The summed E-state index contributed by atoms with van der Waals surface area (Å²) in [5.41, 5.74) is -0.117. The second-order valence-corrected chi connectivity index (χ2v) is 7.40. The van der Waals surface area contributed by atoms with Crippen LogP contribution in [0.1, 0.15) is 10.4 Å². The maximum absolute atomic E-state index is 12.3. The van der Waals surface area contributed by atoms with E-state index < -0.39 is 35.1 Å². The predicted molar refractivity (Wildman–Crippen MR) is 87.7 cm³/mol. The highest BCUT2D eigenvalue weighted by atomic mass is 32.2. The highest BCUT2D eigenvalue weighted by Crippen LogP contribution is 2.25.